The maximum Gasteiger partial charge on any atom is 0.0792 e. The van der Waals surface area contributed by atoms with E-state index in [2.05, 4.69) is 17.2 Å². The van der Waals surface area contributed by atoms with Crippen LogP contribution in [0.1, 0.15) is 24.2 Å². The van der Waals surface area contributed by atoms with Crippen LogP contribution in [0.3, 0.4) is 0 Å². The van der Waals surface area contributed by atoms with Crippen molar-refractivity contribution in [3.63, 3.8) is 0 Å². The molecular formula is C12H14N2O. The average Bonchev–Trinajstić information content (AvgIpc) is 2.68. The van der Waals surface area contributed by atoms with Crippen LogP contribution in [-0.2, 0) is 6.54 Å². The van der Waals surface area contributed by atoms with Crippen LogP contribution in [-0.4, -0.2) is 14.9 Å². The van der Waals surface area contributed by atoms with Gasteiger partial charge >= 0.3 is 0 Å². The first-order chi connectivity index (χ1) is 7.25. The fraction of sp³-hybridized carbons (Fsp3) is 0.250. The zero-order chi connectivity index (χ0) is 10.7. The van der Waals surface area contributed by atoms with Crippen LogP contribution in [0.2, 0.25) is 0 Å². The second-order valence-electron chi connectivity index (χ2n) is 3.63. The van der Waals surface area contributed by atoms with Gasteiger partial charge in [0.2, 0.25) is 0 Å². The van der Waals surface area contributed by atoms with Gasteiger partial charge in [0.05, 0.1) is 18.8 Å². The minimum Gasteiger partial charge on any atom is -0.389 e. The summed E-state index contributed by atoms with van der Waals surface area (Å²) in [5, 5.41) is 13.5. The van der Waals surface area contributed by atoms with E-state index in [1.165, 1.54) is 5.56 Å². The molecule has 0 aliphatic rings. The van der Waals surface area contributed by atoms with E-state index in [-0.39, 0.29) is 0 Å². The number of hydrogen-bond donors (Lipinski definition) is 1. The number of aliphatic hydroxyl groups is 1. The highest BCUT2D eigenvalue weighted by Crippen LogP contribution is 2.10. The molecule has 1 aromatic carbocycles. The Morgan fingerprint density at radius 1 is 1.33 bits per heavy atom. The Hall–Kier alpha value is -1.61. The molecule has 0 fully saturated rings. The highest BCUT2D eigenvalue weighted by atomic mass is 16.3. The molecule has 2 aromatic rings. The summed E-state index contributed by atoms with van der Waals surface area (Å²) < 4.78 is 1.83. The minimum absolute atomic E-state index is 0.450. The van der Waals surface area contributed by atoms with Gasteiger partial charge in [0, 0.05) is 11.8 Å². The molecule has 0 aliphatic heterocycles. The van der Waals surface area contributed by atoms with Crippen molar-refractivity contribution in [2.75, 3.05) is 0 Å². The Morgan fingerprint density at radius 3 is 2.67 bits per heavy atom. The lowest BCUT2D eigenvalue weighted by Gasteiger charge is -2.01. The van der Waals surface area contributed by atoms with Gasteiger partial charge in [-0.05, 0) is 12.5 Å². The SMILES string of the molecule is CC(O)c1cnn(Cc2ccccc2)c1. The van der Waals surface area contributed by atoms with E-state index in [0.717, 1.165) is 12.1 Å². The number of aromatic nitrogens is 2. The van der Waals surface area contributed by atoms with Crippen molar-refractivity contribution in [2.45, 2.75) is 19.6 Å². The molecule has 15 heavy (non-hydrogen) atoms. The van der Waals surface area contributed by atoms with Gasteiger partial charge < -0.3 is 5.11 Å². The topological polar surface area (TPSA) is 38.1 Å². The van der Waals surface area contributed by atoms with E-state index in [9.17, 15) is 5.11 Å². The molecule has 1 atom stereocenters. The Labute approximate surface area is 89.0 Å². The Balaban J connectivity index is 2.12. The molecule has 0 saturated carbocycles. The molecule has 78 valence electrons. The first-order valence-corrected chi connectivity index (χ1v) is 5.00. The highest BCUT2D eigenvalue weighted by Gasteiger charge is 2.03. The lowest BCUT2D eigenvalue weighted by atomic mass is 10.2. The molecule has 1 unspecified atom stereocenters. The van der Waals surface area contributed by atoms with Gasteiger partial charge in [0.25, 0.3) is 0 Å². The van der Waals surface area contributed by atoms with E-state index >= 15 is 0 Å². The third-order valence-electron chi connectivity index (χ3n) is 2.32. The fourth-order valence-corrected chi connectivity index (χ4v) is 1.45. The van der Waals surface area contributed by atoms with E-state index < -0.39 is 6.10 Å². The number of aliphatic hydroxyl groups excluding tert-OH is 1. The lowest BCUT2D eigenvalue weighted by molar-refractivity contribution is 0.199. The van der Waals surface area contributed by atoms with E-state index in [1.54, 1.807) is 13.1 Å². The molecule has 1 heterocycles. The predicted molar refractivity (Wildman–Crippen MR) is 58.4 cm³/mol. The fourth-order valence-electron chi connectivity index (χ4n) is 1.45. The van der Waals surface area contributed by atoms with Gasteiger partial charge in [-0.1, -0.05) is 30.3 Å². The molecule has 3 nitrogen and oxygen atoms in total. The van der Waals surface area contributed by atoms with Crippen molar-refractivity contribution in [3.8, 4) is 0 Å². The Bertz CT molecular complexity index is 420. The number of nitrogens with zero attached hydrogens (tertiary/aromatic N) is 2. The molecule has 3 heteroatoms. The summed E-state index contributed by atoms with van der Waals surface area (Å²) in [5.74, 6) is 0. The van der Waals surface area contributed by atoms with Crippen molar-refractivity contribution in [1.82, 2.24) is 9.78 Å². The van der Waals surface area contributed by atoms with Gasteiger partial charge in [0.15, 0.2) is 0 Å². The van der Waals surface area contributed by atoms with Crippen LogP contribution in [0.4, 0.5) is 0 Å². The van der Waals surface area contributed by atoms with Gasteiger partial charge in [-0.3, -0.25) is 4.68 Å². The maximum atomic E-state index is 9.35. The third kappa shape index (κ3) is 2.44. The maximum absolute atomic E-state index is 9.35. The summed E-state index contributed by atoms with van der Waals surface area (Å²) in [7, 11) is 0. The highest BCUT2D eigenvalue weighted by molar-refractivity contribution is 5.15. The van der Waals surface area contributed by atoms with Crippen LogP contribution in [0.25, 0.3) is 0 Å². The average molecular weight is 202 g/mol. The standard InChI is InChI=1S/C12H14N2O/c1-10(15)12-7-13-14(9-12)8-11-5-3-2-4-6-11/h2-7,9-10,15H,8H2,1H3. The monoisotopic (exact) mass is 202 g/mol. The van der Waals surface area contributed by atoms with E-state index in [1.807, 2.05) is 29.1 Å². The normalized spacial score (nSPS) is 12.7. The first-order valence-electron chi connectivity index (χ1n) is 5.00. The van der Waals surface area contributed by atoms with Gasteiger partial charge in [-0.2, -0.15) is 5.10 Å². The zero-order valence-electron chi connectivity index (χ0n) is 8.67. The van der Waals surface area contributed by atoms with Crippen molar-refractivity contribution < 1.29 is 5.11 Å². The Kier molecular flexibility index (Phi) is 2.83. The third-order valence-corrected chi connectivity index (χ3v) is 2.32. The van der Waals surface area contributed by atoms with Crippen molar-refractivity contribution in [3.05, 3.63) is 53.9 Å². The van der Waals surface area contributed by atoms with Crippen LogP contribution in [0, 0.1) is 0 Å². The number of rotatable bonds is 3. The van der Waals surface area contributed by atoms with Gasteiger partial charge in [-0.15, -0.1) is 0 Å². The van der Waals surface area contributed by atoms with E-state index in [0.29, 0.717) is 0 Å². The number of hydrogen-bond acceptors (Lipinski definition) is 2. The molecule has 0 bridgehead atoms. The molecule has 1 N–H and O–H groups in total. The molecular weight excluding hydrogens is 188 g/mol. The molecule has 0 saturated heterocycles. The summed E-state index contributed by atoms with van der Waals surface area (Å²) in [6.07, 6.45) is 3.13. The molecule has 0 spiro atoms. The quantitative estimate of drug-likeness (QED) is 0.826. The lowest BCUT2D eigenvalue weighted by Crippen LogP contribution is -1.99. The minimum atomic E-state index is -0.450. The van der Waals surface area contributed by atoms with Gasteiger partial charge in [0.1, 0.15) is 0 Å². The second-order valence-corrected chi connectivity index (χ2v) is 3.63. The summed E-state index contributed by atoms with van der Waals surface area (Å²) in [5.41, 5.74) is 2.06. The molecule has 0 radical (unpaired) electrons. The largest absolute Gasteiger partial charge is 0.389 e. The van der Waals surface area contributed by atoms with E-state index in [4.69, 9.17) is 0 Å². The summed E-state index contributed by atoms with van der Waals surface area (Å²) in [6.45, 7) is 2.48. The predicted octanol–water partition coefficient (Wildman–Crippen LogP) is 1.98. The van der Waals surface area contributed by atoms with Crippen molar-refractivity contribution in [2.24, 2.45) is 0 Å². The van der Waals surface area contributed by atoms with Crippen LogP contribution >= 0.6 is 0 Å². The molecule has 0 amide bonds. The molecule has 2 rings (SSSR count). The second kappa shape index (κ2) is 4.28. The summed E-state index contributed by atoms with van der Waals surface area (Å²) in [6, 6.07) is 10.1. The first kappa shape index (κ1) is 9.93. The van der Waals surface area contributed by atoms with Crippen molar-refractivity contribution >= 4 is 0 Å². The summed E-state index contributed by atoms with van der Waals surface area (Å²) in [4.78, 5) is 0. The van der Waals surface area contributed by atoms with Crippen LogP contribution in [0.5, 0.6) is 0 Å². The zero-order valence-corrected chi connectivity index (χ0v) is 8.67. The van der Waals surface area contributed by atoms with Crippen LogP contribution in [0.15, 0.2) is 42.7 Å². The smallest absolute Gasteiger partial charge is 0.0792 e. The van der Waals surface area contributed by atoms with Crippen molar-refractivity contribution in [1.29, 1.82) is 0 Å². The Morgan fingerprint density at radius 2 is 2.07 bits per heavy atom. The number of benzene rings is 1. The summed E-state index contributed by atoms with van der Waals surface area (Å²) >= 11 is 0. The van der Waals surface area contributed by atoms with Gasteiger partial charge in [-0.25, -0.2) is 0 Å². The molecule has 0 aliphatic carbocycles. The molecule has 1 aromatic heterocycles. The van der Waals surface area contributed by atoms with Crippen LogP contribution < -0.4 is 0 Å².